The average molecular weight is 413 g/mol. The maximum atomic E-state index is 14.2. The number of carbonyl (C=O) groups is 4. The number of hydrogen-bond acceptors (Lipinski definition) is 4. The van der Waals surface area contributed by atoms with Crippen molar-refractivity contribution in [3.8, 4) is 0 Å². The van der Waals surface area contributed by atoms with Gasteiger partial charge < -0.3 is 10.6 Å². The van der Waals surface area contributed by atoms with Gasteiger partial charge in [0.15, 0.2) is 5.78 Å². The summed E-state index contributed by atoms with van der Waals surface area (Å²) in [6.45, 7) is 0.708. The summed E-state index contributed by atoms with van der Waals surface area (Å²) >= 11 is 0. The Morgan fingerprint density at radius 1 is 1.10 bits per heavy atom. The van der Waals surface area contributed by atoms with Gasteiger partial charge in [0, 0.05) is 23.2 Å². The first kappa shape index (κ1) is 19.7. The first-order valence-corrected chi connectivity index (χ1v) is 9.24. The number of Topliss-reactive ketones (excluding diaryl/α,β-unsaturated/α-hetero) is 1. The highest BCUT2D eigenvalue weighted by Gasteiger charge is 2.50. The molecule has 7 nitrogen and oxygen atoms in total. The highest BCUT2D eigenvalue weighted by Crippen LogP contribution is 2.31. The largest absolute Gasteiger partial charge is 0.326 e. The molecular formula is C21H17F2N3O4. The van der Waals surface area contributed by atoms with E-state index >= 15 is 0 Å². The Morgan fingerprint density at radius 3 is 2.63 bits per heavy atom. The lowest BCUT2D eigenvalue weighted by molar-refractivity contribution is -0.130. The normalized spacial score (nSPS) is 20.6. The molecule has 4 rings (SSSR count). The molecule has 0 saturated carbocycles. The fourth-order valence-electron chi connectivity index (χ4n) is 3.70. The number of anilines is 1. The second-order valence-electron chi connectivity index (χ2n) is 7.41. The number of rotatable bonds is 4. The van der Waals surface area contributed by atoms with Gasteiger partial charge in [0.05, 0.1) is 6.54 Å². The SMILES string of the molecule is C[C@]1(c2cc(F)ccc2F)NC(=O)N(CC(=O)c2ccc3c(c2)CCC(=O)N3)C1=O. The zero-order valence-electron chi connectivity index (χ0n) is 15.9. The highest BCUT2D eigenvalue weighted by atomic mass is 19.1. The van der Waals surface area contributed by atoms with E-state index in [2.05, 4.69) is 10.6 Å². The van der Waals surface area contributed by atoms with Crippen LogP contribution in [0.4, 0.5) is 19.3 Å². The summed E-state index contributed by atoms with van der Waals surface area (Å²) in [4.78, 5) is 50.1. The third-order valence-corrected chi connectivity index (χ3v) is 5.37. The summed E-state index contributed by atoms with van der Waals surface area (Å²) in [7, 11) is 0. The van der Waals surface area contributed by atoms with Gasteiger partial charge >= 0.3 is 6.03 Å². The molecule has 2 aliphatic heterocycles. The number of amides is 4. The number of fused-ring (bicyclic) bond motifs is 1. The van der Waals surface area contributed by atoms with Crippen LogP contribution in [0.15, 0.2) is 36.4 Å². The zero-order valence-corrected chi connectivity index (χ0v) is 15.9. The summed E-state index contributed by atoms with van der Waals surface area (Å²) in [5.74, 6) is -3.06. The molecule has 0 aromatic heterocycles. The molecule has 0 radical (unpaired) electrons. The molecule has 2 aliphatic rings. The van der Waals surface area contributed by atoms with Gasteiger partial charge in [-0.3, -0.25) is 19.3 Å². The standard InChI is InChI=1S/C21H17F2N3O4/c1-21(14-9-13(22)4-5-15(14)23)19(29)26(20(30)25-21)10-17(27)12-2-6-16-11(8-12)3-7-18(28)24-16/h2,4-6,8-9H,3,7,10H2,1H3,(H,24,28)(H,25,30)/t21-/m1/s1. The van der Waals surface area contributed by atoms with Gasteiger partial charge in [-0.25, -0.2) is 13.6 Å². The zero-order chi connectivity index (χ0) is 21.6. The number of hydrogen-bond donors (Lipinski definition) is 2. The van der Waals surface area contributed by atoms with Crippen LogP contribution in [0, 0.1) is 11.6 Å². The first-order chi connectivity index (χ1) is 14.2. The van der Waals surface area contributed by atoms with E-state index in [-0.39, 0.29) is 17.0 Å². The molecule has 0 unspecified atom stereocenters. The lowest BCUT2D eigenvalue weighted by Crippen LogP contribution is -2.42. The number of carbonyl (C=O) groups excluding carboxylic acids is 4. The van der Waals surface area contributed by atoms with Gasteiger partial charge in [-0.2, -0.15) is 0 Å². The molecule has 0 aliphatic carbocycles. The van der Waals surface area contributed by atoms with Gasteiger partial charge in [-0.05, 0) is 55.3 Å². The number of nitrogens with one attached hydrogen (secondary N) is 2. The second kappa shape index (κ2) is 7.01. The molecule has 9 heteroatoms. The van der Waals surface area contributed by atoms with Crippen LogP contribution < -0.4 is 10.6 Å². The Hall–Kier alpha value is -3.62. The van der Waals surface area contributed by atoms with Crippen LogP contribution in [0.3, 0.4) is 0 Å². The van der Waals surface area contributed by atoms with E-state index in [1.54, 1.807) is 12.1 Å². The summed E-state index contributed by atoms with van der Waals surface area (Å²) in [5, 5.41) is 5.06. The van der Waals surface area contributed by atoms with Gasteiger partial charge in [-0.15, -0.1) is 0 Å². The van der Waals surface area contributed by atoms with Gasteiger partial charge in [0.1, 0.15) is 17.2 Å². The Balaban J connectivity index is 1.57. The number of halogens is 2. The molecule has 2 N–H and O–H groups in total. The third kappa shape index (κ3) is 3.22. The maximum absolute atomic E-state index is 14.2. The minimum atomic E-state index is -1.83. The van der Waals surface area contributed by atoms with Crippen LogP contribution in [0.2, 0.25) is 0 Å². The van der Waals surface area contributed by atoms with Crippen LogP contribution in [0.1, 0.15) is 34.8 Å². The predicted octanol–water partition coefficient (Wildman–Crippen LogP) is 2.50. The van der Waals surface area contributed by atoms with Crippen molar-refractivity contribution in [1.29, 1.82) is 0 Å². The maximum Gasteiger partial charge on any atom is 0.325 e. The van der Waals surface area contributed by atoms with Crippen molar-refractivity contribution in [1.82, 2.24) is 10.2 Å². The molecule has 0 bridgehead atoms. The number of aryl methyl sites for hydroxylation is 1. The van der Waals surface area contributed by atoms with E-state index in [4.69, 9.17) is 0 Å². The minimum absolute atomic E-state index is 0.107. The molecule has 154 valence electrons. The molecule has 1 fully saturated rings. The lowest BCUT2D eigenvalue weighted by Gasteiger charge is -2.22. The van der Waals surface area contributed by atoms with Crippen LogP contribution in [0.25, 0.3) is 0 Å². The second-order valence-corrected chi connectivity index (χ2v) is 7.41. The van der Waals surface area contributed by atoms with Gasteiger partial charge in [-0.1, -0.05) is 0 Å². The van der Waals surface area contributed by atoms with Crippen molar-refractivity contribution in [2.75, 3.05) is 11.9 Å². The molecule has 0 spiro atoms. The molecule has 4 amide bonds. The number of ketones is 1. The van der Waals surface area contributed by atoms with Crippen molar-refractivity contribution in [2.24, 2.45) is 0 Å². The van der Waals surface area contributed by atoms with Gasteiger partial charge in [0.2, 0.25) is 5.91 Å². The average Bonchev–Trinajstić information content (AvgIpc) is 2.93. The van der Waals surface area contributed by atoms with E-state index in [0.29, 0.717) is 23.4 Å². The van der Waals surface area contributed by atoms with E-state index in [1.165, 1.54) is 13.0 Å². The summed E-state index contributed by atoms with van der Waals surface area (Å²) < 4.78 is 27.8. The number of benzene rings is 2. The van der Waals surface area contributed by atoms with Gasteiger partial charge in [0.25, 0.3) is 5.91 Å². The van der Waals surface area contributed by atoms with E-state index in [0.717, 1.165) is 23.8 Å². The lowest BCUT2D eigenvalue weighted by atomic mass is 9.91. The molecule has 2 heterocycles. The summed E-state index contributed by atoms with van der Waals surface area (Å²) in [5.41, 5.74) is -0.475. The fourth-order valence-corrected chi connectivity index (χ4v) is 3.70. The smallest absolute Gasteiger partial charge is 0.325 e. The van der Waals surface area contributed by atoms with Crippen molar-refractivity contribution in [2.45, 2.75) is 25.3 Å². The topological polar surface area (TPSA) is 95.6 Å². The highest BCUT2D eigenvalue weighted by molar-refractivity contribution is 6.11. The van der Waals surface area contributed by atoms with Crippen LogP contribution in [-0.4, -0.2) is 35.1 Å². The molecule has 1 atom stereocenters. The van der Waals surface area contributed by atoms with Crippen molar-refractivity contribution in [3.63, 3.8) is 0 Å². The van der Waals surface area contributed by atoms with Crippen LogP contribution >= 0.6 is 0 Å². The Labute approximate surface area is 170 Å². The Kier molecular flexibility index (Phi) is 4.60. The fraction of sp³-hybridized carbons (Fsp3) is 0.238. The van der Waals surface area contributed by atoms with Crippen molar-refractivity contribution < 1.29 is 28.0 Å². The van der Waals surface area contributed by atoms with E-state index < -0.39 is 41.4 Å². The van der Waals surface area contributed by atoms with E-state index in [1.807, 2.05) is 0 Å². The summed E-state index contributed by atoms with van der Waals surface area (Å²) in [6, 6.07) is 6.45. The van der Waals surface area contributed by atoms with Crippen molar-refractivity contribution in [3.05, 3.63) is 64.7 Å². The molecular weight excluding hydrogens is 396 g/mol. The van der Waals surface area contributed by atoms with Crippen LogP contribution in [0.5, 0.6) is 0 Å². The monoisotopic (exact) mass is 413 g/mol. The molecule has 30 heavy (non-hydrogen) atoms. The number of imide groups is 1. The molecule has 2 aromatic carbocycles. The number of urea groups is 1. The predicted molar refractivity (Wildman–Crippen MR) is 102 cm³/mol. The van der Waals surface area contributed by atoms with Crippen LogP contribution in [-0.2, 0) is 21.5 Å². The molecule has 2 aromatic rings. The minimum Gasteiger partial charge on any atom is -0.326 e. The summed E-state index contributed by atoms with van der Waals surface area (Å²) in [6.07, 6.45) is 0.775. The third-order valence-electron chi connectivity index (χ3n) is 5.37. The first-order valence-electron chi connectivity index (χ1n) is 9.24. The number of nitrogens with zero attached hydrogens (tertiary/aromatic N) is 1. The van der Waals surface area contributed by atoms with Crippen molar-refractivity contribution >= 4 is 29.3 Å². The Bertz CT molecular complexity index is 1120. The molecule has 1 saturated heterocycles. The van der Waals surface area contributed by atoms with E-state index in [9.17, 15) is 28.0 Å². The quantitative estimate of drug-likeness (QED) is 0.595. The Morgan fingerprint density at radius 2 is 1.87 bits per heavy atom.